The van der Waals surface area contributed by atoms with Crippen molar-refractivity contribution in [2.45, 2.75) is 31.8 Å². The van der Waals surface area contributed by atoms with Crippen molar-refractivity contribution < 1.29 is 9.32 Å². The van der Waals surface area contributed by atoms with Crippen molar-refractivity contribution in [1.29, 1.82) is 0 Å². The minimum atomic E-state index is -0.434. The monoisotopic (exact) mass is 434 g/mol. The molecule has 0 fully saturated rings. The molecule has 0 aliphatic heterocycles. The number of amides is 1. The minimum absolute atomic E-state index is 0. The molecule has 2 atom stereocenters. The molecule has 0 bridgehead atoms. The van der Waals surface area contributed by atoms with E-state index >= 15 is 0 Å². The number of likely N-dealkylation sites (N-methyl/N-ethyl adjacent to an activating group) is 1. The molecule has 0 saturated heterocycles. The van der Waals surface area contributed by atoms with E-state index in [4.69, 9.17) is 16.1 Å². The molecule has 154 valence electrons. The number of hydrogen-bond donors (Lipinski definition) is 2. The van der Waals surface area contributed by atoms with Gasteiger partial charge >= 0.3 is 0 Å². The van der Waals surface area contributed by atoms with E-state index in [1.165, 1.54) is 0 Å². The highest BCUT2D eigenvalue weighted by Crippen LogP contribution is 2.19. The Bertz CT molecular complexity index is 901. The summed E-state index contributed by atoms with van der Waals surface area (Å²) < 4.78 is 5.48. The first-order valence-corrected chi connectivity index (χ1v) is 9.53. The van der Waals surface area contributed by atoms with Gasteiger partial charge in [0.15, 0.2) is 5.82 Å². The third-order valence-corrected chi connectivity index (χ3v) is 4.71. The highest BCUT2D eigenvalue weighted by atomic mass is 35.5. The van der Waals surface area contributed by atoms with Gasteiger partial charge in [0.05, 0.1) is 0 Å². The zero-order valence-corrected chi connectivity index (χ0v) is 17.8. The smallest absolute Gasteiger partial charge is 0.251 e. The molecule has 2 N–H and O–H groups in total. The van der Waals surface area contributed by atoms with E-state index in [2.05, 4.69) is 20.8 Å². The number of hydrogen-bond acceptors (Lipinski definition) is 5. The maximum absolute atomic E-state index is 12.7. The Labute approximate surface area is 181 Å². The third kappa shape index (κ3) is 6.56. The van der Waals surface area contributed by atoms with Gasteiger partial charge in [0.25, 0.3) is 5.91 Å². The van der Waals surface area contributed by atoms with E-state index in [-0.39, 0.29) is 24.4 Å². The van der Waals surface area contributed by atoms with Gasteiger partial charge in [-0.3, -0.25) is 4.79 Å². The molecule has 0 spiro atoms. The lowest BCUT2D eigenvalue weighted by Crippen LogP contribution is -2.30. The van der Waals surface area contributed by atoms with Crippen molar-refractivity contribution in [2.75, 3.05) is 7.05 Å². The predicted molar refractivity (Wildman–Crippen MR) is 116 cm³/mol. The molecule has 3 rings (SSSR count). The van der Waals surface area contributed by atoms with Gasteiger partial charge in [-0.1, -0.05) is 47.1 Å². The van der Waals surface area contributed by atoms with Crippen molar-refractivity contribution in [1.82, 2.24) is 20.8 Å². The van der Waals surface area contributed by atoms with Crippen LogP contribution in [-0.4, -0.2) is 29.1 Å². The van der Waals surface area contributed by atoms with Crippen molar-refractivity contribution in [3.8, 4) is 0 Å². The van der Waals surface area contributed by atoms with Crippen LogP contribution in [0.3, 0.4) is 0 Å². The van der Waals surface area contributed by atoms with Crippen LogP contribution in [0.25, 0.3) is 0 Å². The lowest BCUT2D eigenvalue weighted by molar-refractivity contribution is 0.0928. The van der Waals surface area contributed by atoms with Gasteiger partial charge in [0, 0.05) is 29.5 Å². The Kier molecular flexibility index (Phi) is 8.64. The maximum Gasteiger partial charge on any atom is 0.251 e. The molecular formula is C21H24Cl2N4O2. The Morgan fingerprint density at radius 1 is 1.10 bits per heavy atom. The highest BCUT2D eigenvalue weighted by molar-refractivity contribution is 6.30. The first-order valence-electron chi connectivity index (χ1n) is 9.15. The van der Waals surface area contributed by atoms with Gasteiger partial charge in [-0.15, -0.1) is 12.4 Å². The number of halogens is 2. The molecule has 6 nitrogen and oxygen atoms in total. The summed E-state index contributed by atoms with van der Waals surface area (Å²) in [5, 5.41) is 10.8. The van der Waals surface area contributed by atoms with Crippen LogP contribution in [0.4, 0.5) is 0 Å². The number of carbonyl (C=O) groups is 1. The van der Waals surface area contributed by atoms with Crippen LogP contribution in [0, 0.1) is 0 Å². The number of benzene rings is 2. The number of nitrogens with one attached hydrogen (secondary N) is 2. The summed E-state index contributed by atoms with van der Waals surface area (Å²) in [7, 11) is 1.89. The Morgan fingerprint density at radius 2 is 1.79 bits per heavy atom. The fourth-order valence-electron chi connectivity index (χ4n) is 2.76. The zero-order chi connectivity index (χ0) is 19.9. The molecular weight excluding hydrogens is 411 g/mol. The zero-order valence-electron chi connectivity index (χ0n) is 16.3. The molecule has 2 aromatic carbocycles. The molecule has 1 amide bonds. The number of rotatable bonds is 8. The SMILES string of the molecule is CNC(C)Cc1noc(C(Cc2ccccc2)NC(=O)c2ccc(Cl)cc2)n1.Cl. The molecule has 1 heterocycles. The average molecular weight is 435 g/mol. The van der Waals surface area contributed by atoms with Crippen LogP contribution in [0.15, 0.2) is 59.1 Å². The van der Waals surface area contributed by atoms with Crippen LogP contribution in [-0.2, 0) is 12.8 Å². The first kappa shape index (κ1) is 22.9. The van der Waals surface area contributed by atoms with Crippen LogP contribution >= 0.6 is 24.0 Å². The van der Waals surface area contributed by atoms with Crippen molar-refractivity contribution in [2.24, 2.45) is 0 Å². The lowest BCUT2D eigenvalue weighted by Gasteiger charge is -2.15. The van der Waals surface area contributed by atoms with Crippen LogP contribution in [0.5, 0.6) is 0 Å². The standard InChI is InChI=1S/C21H23ClN4O2.ClH/c1-14(23-2)12-19-25-21(28-26-19)18(13-15-6-4-3-5-7-15)24-20(27)16-8-10-17(22)11-9-16;/h3-11,14,18,23H,12-13H2,1-2H3,(H,24,27);1H. The summed E-state index contributed by atoms with van der Waals surface area (Å²) in [4.78, 5) is 17.2. The maximum atomic E-state index is 12.7. The summed E-state index contributed by atoms with van der Waals surface area (Å²) in [6.07, 6.45) is 1.19. The molecule has 1 aromatic heterocycles. The van der Waals surface area contributed by atoms with Gasteiger partial charge in [0.1, 0.15) is 6.04 Å². The molecule has 3 aromatic rings. The minimum Gasteiger partial charge on any atom is -0.340 e. The normalized spacial score (nSPS) is 12.7. The molecule has 29 heavy (non-hydrogen) atoms. The molecule has 0 aliphatic carbocycles. The summed E-state index contributed by atoms with van der Waals surface area (Å²) in [6.45, 7) is 2.04. The quantitative estimate of drug-likeness (QED) is 0.559. The number of carbonyl (C=O) groups excluding carboxylic acids is 1. The van der Waals surface area contributed by atoms with Gasteiger partial charge in [-0.25, -0.2) is 0 Å². The molecule has 0 saturated carbocycles. The van der Waals surface area contributed by atoms with Crippen LogP contribution in [0.2, 0.25) is 5.02 Å². The highest BCUT2D eigenvalue weighted by Gasteiger charge is 2.23. The Morgan fingerprint density at radius 3 is 2.45 bits per heavy atom. The second-order valence-corrected chi connectivity index (χ2v) is 7.10. The van der Waals surface area contributed by atoms with Gasteiger partial charge in [-0.05, 0) is 43.8 Å². The molecule has 2 unspecified atom stereocenters. The van der Waals surface area contributed by atoms with Gasteiger partial charge in [-0.2, -0.15) is 4.98 Å². The topological polar surface area (TPSA) is 80.0 Å². The van der Waals surface area contributed by atoms with E-state index in [0.717, 1.165) is 5.56 Å². The average Bonchev–Trinajstić information content (AvgIpc) is 3.17. The first-order chi connectivity index (χ1) is 13.5. The summed E-state index contributed by atoms with van der Waals surface area (Å²) >= 11 is 5.91. The Balaban J connectivity index is 0.00000300. The second kappa shape index (κ2) is 11.0. The number of nitrogens with zero attached hydrogens (tertiary/aromatic N) is 2. The second-order valence-electron chi connectivity index (χ2n) is 6.67. The summed E-state index contributed by atoms with van der Waals surface area (Å²) in [5.41, 5.74) is 1.58. The summed E-state index contributed by atoms with van der Waals surface area (Å²) in [5.74, 6) is 0.779. The molecule has 0 radical (unpaired) electrons. The fourth-order valence-corrected chi connectivity index (χ4v) is 2.89. The van der Waals surface area contributed by atoms with Gasteiger partial charge in [0.2, 0.25) is 5.89 Å². The molecule has 0 aliphatic rings. The summed E-state index contributed by atoms with van der Waals surface area (Å²) in [6, 6.07) is 16.4. The van der Waals surface area contributed by atoms with E-state index < -0.39 is 6.04 Å². The largest absolute Gasteiger partial charge is 0.340 e. The predicted octanol–water partition coefficient (Wildman–Crippen LogP) is 4.01. The van der Waals surface area contributed by atoms with E-state index in [0.29, 0.717) is 35.1 Å². The van der Waals surface area contributed by atoms with Crippen LogP contribution in [0.1, 0.15) is 40.6 Å². The fraction of sp³-hybridized carbons (Fsp3) is 0.286. The van der Waals surface area contributed by atoms with Crippen LogP contribution < -0.4 is 10.6 Å². The Hall–Kier alpha value is -2.41. The third-order valence-electron chi connectivity index (χ3n) is 4.46. The van der Waals surface area contributed by atoms with E-state index in [1.807, 2.05) is 44.3 Å². The van der Waals surface area contributed by atoms with Gasteiger partial charge < -0.3 is 15.2 Å². The molecule has 8 heteroatoms. The lowest BCUT2D eigenvalue weighted by atomic mass is 10.1. The van der Waals surface area contributed by atoms with E-state index in [1.54, 1.807) is 24.3 Å². The van der Waals surface area contributed by atoms with E-state index in [9.17, 15) is 4.79 Å². The van der Waals surface area contributed by atoms with Crippen molar-refractivity contribution in [3.05, 3.63) is 82.5 Å². The van der Waals surface area contributed by atoms with Crippen molar-refractivity contribution in [3.63, 3.8) is 0 Å². The number of aromatic nitrogens is 2. The van der Waals surface area contributed by atoms with Crippen molar-refractivity contribution >= 4 is 29.9 Å².